The van der Waals surface area contributed by atoms with Gasteiger partial charge in [0.05, 0.1) is 40.4 Å². The van der Waals surface area contributed by atoms with Crippen molar-refractivity contribution < 1.29 is 4.42 Å². The van der Waals surface area contributed by atoms with Crippen LogP contribution in [0.15, 0.2) is 150 Å². The van der Waals surface area contributed by atoms with Crippen molar-refractivity contribution in [3.8, 4) is 28.6 Å². The highest BCUT2D eigenvalue weighted by Gasteiger charge is 2.21. The molecule has 0 aliphatic carbocycles. The van der Waals surface area contributed by atoms with Crippen LogP contribution in [0.3, 0.4) is 0 Å². The van der Waals surface area contributed by atoms with Gasteiger partial charge in [-0.25, -0.2) is 4.85 Å². The first kappa shape index (κ1) is 27.1. The highest BCUT2D eigenvalue weighted by atomic mass is 16.3. The van der Waals surface area contributed by atoms with E-state index in [0.29, 0.717) is 11.3 Å². The fourth-order valence-corrected chi connectivity index (χ4v) is 7.73. The Hall–Kier alpha value is -7.08. The predicted octanol–water partition coefficient (Wildman–Crippen LogP) is 11.9. The molecule has 3 heterocycles. The van der Waals surface area contributed by atoms with Crippen LogP contribution in [0.5, 0.6) is 0 Å². The van der Waals surface area contributed by atoms with Crippen LogP contribution in [0.1, 0.15) is 5.56 Å². The monoisotopic (exact) mass is 624 g/mol. The average Bonchev–Trinajstić information content (AvgIpc) is 3.82. The smallest absolute Gasteiger partial charge is 0.212 e. The summed E-state index contributed by atoms with van der Waals surface area (Å²) < 4.78 is 10.7. The number of nitrogens with zero attached hydrogens (tertiary/aromatic N) is 4. The maximum Gasteiger partial charge on any atom is 0.212 e. The summed E-state index contributed by atoms with van der Waals surface area (Å²) in [4.78, 5) is 3.97. The molecule has 5 heteroatoms. The van der Waals surface area contributed by atoms with Crippen LogP contribution in [0.25, 0.3) is 92.9 Å². The van der Waals surface area contributed by atoms with Crippen molar-refractivity contribution in [1.29, 1.82) is 5.26 Å². The third-order valence-electron chi connectivity index (χ3n) is 9.76. The molecule has 5 nitrogen and oxygen atoms in total. The summed E-state index contributed by atoms with van der Waals surface area (Å²) in [6.45, 7) is 8.20. The third-order valence-corrected chi connectivity index (χ3v) is 9.76. The van der Waals surface area contributed by atoms with Gasteiger partial charge < -0.3 is 13.6 Å². The maximum atomic E-state index is 10.0. The second-order valence-corrected chi connectivity index (χ2v) is 12.3. The molecule has 226 valence electrons. The molecule has 0 atom stereocenters. The summed E-state index contributed by atoms with van der Waals surface area (Å²) in [6.07, 6.45) is 0. The number of rotatable bonds is 3. The minimum atomic E-state index is 0.434. The summed E-state index contributed by atoms with van der Waals surface area (Å²) in [6, 6.07) is 51.9. The molecule has 0 bridgehead atoms. The van der Waals surface area contributed by atoms with Crippen molar-refractivity contribution in [2.75, 3.05) is 0 Å². The quantitative estimate of drug-likeness (QED) is 0.184. The summed E-state index contributed by atoms with van der Waals surface area (Å²) in [5.74, 6) is 0. The average molecular weight is 625 g/mol. The van der Waals surface area contributed by atoms with Crippen LogP contribution >= 0.6 is 0 Å². The second kappa shape index (κ2) is 10.2. The Morgan fingerprint density at radius 1 is 0.551 bits per heavy atom. The molecule has 0 spiro atoms. The summed E-state index contributed by atoms with van der Waals surface area (Å²) >= 11 is 0. The van der Waals surface area contributed by atoms with Gasteiger partial charge in [-0.15, -0.1) is 0 Å². The molecule has 10 aromatic rings. The van der Waals surface area contributed by atoms with Gasteiger partial charge >= 0.3 is 0 Å². The van der Waals surface area contributed by atoms with Crippen LogP contribution in [0.4, 0.5) is 5.69 Å². The SMILES string of the molecule is [C-]#[N+]c1cc(C#N)cc(-c2ccc(-n3c4ccccc4c4c5c(ccc43)oc3ccccc35)cc2)c1-n1c2ccccc2c2ccccc21. The number of para-hydroxylation sites is 4. The summed E-state index contributed by atoms with van der Waals surface area (Å²) in [5.41, 5.74) is 10.4. The third kappa shape index (κ3) is 3.79. The van der Waals surface area contributed by atoms with E-state index in [0.717, 1.165) is 82.7 Å². The number of aromatic nitrogens is 2. The molecule has 10 rings (SSSR count). The van der Waals surface area contributed by atoms with Crippen LogP contribution in [-0.4, -0.2) is 9.13 Å². The van der Waals surface area contributed by atoms with Gasteiger partial charge in [-0.2, -0.15) is 5.26 Å². The molecule has 0 saturated carbocycles. The molecule has 7 aromatic carbocycles. The van der Waals surface area contributed by atoms with Gasteiger partial charge in [-0.3, -0.25) is 0 Å². The largest absolute Gasteiger partial charge is 0.456 e. The fourth-order valence-electron chi connectivity index (χ4n) is 7.73. The van der Waals surface area contributed by atoms with Crippen molar-refractivity contribution in [2.45, 2.75) is 0 Å². The lowest BCUT2D eigenvalue weighted by atomic mass is 9.99. The van der Waals surface area contributed by atoms with Crippen LogP contribution in [0.2, 0.25) is 0 Å². The van der Waals surface area contributed by atoms with Crippen LogP contribution in [-0.2, 0) is 0 Å². The first-order chi connectivity index (χ1) is 24.2. The zero-order chi connectivity index (χ0) is 32.6. The second-order valence-electron chi connectivity index (χ2n) is 12.3. The normalized spacial score (nSPS) is 11.6. The minimum Gasteiger partial charge on any atom is -0.456 e. The molecule has 0 radical (unpaired) electrons. The van der Waals surface area contributed by atoms with E-state index in [9.17, 15) is 5.26 Å². The highest BCUT2D eigenvalue weighted by Crippen LogP contribution is 2.43. The molecule has 3 aromatic heterocycles. The van der Waals surface area contributed by atoms with Crippen molar-refractivity contribution in [2.24, 2.45) is 0 Å². The Balaban J connectivity index is 1.22. The molecule has 0 fully saturated rings. The Labute approximate surface area is 280 Å². The Morgan fingerprint density at radius 3 is 1.84 bits per heavy atom. The first-order valence-corrected chi connectivity index (χ1v) is 16.1. The van der Waals surface area contributed by atoms with Crippen LogP contribution < -0.4 is 0 Å². The lowest BCUT2D eigenvalue weighted by molar-refractivity contribution is 0.669. The zero-order valence-electron chi connectivity index (χ0n) is 26.1. The molecular formula is C44H24N4O. The van der Waals surface area contributed by atoms with Gasteiger partial charge in [0.15, 0.2) is 0 Å². The lowest BCUT2D eigenvalue weighted by Gasteiger charge is -2.17. The number of hydrogen-bond acceptors (Lipinski definition) is 2. The van der Waals surface area contributed by atoms with Crippen molar-refractivity contribution >= 4 is 71.2 Å². The van der Waals surface area contributed by atoms with E-state index in [4.69, 9.17) is 11.0 Å². The molecule has 0 N–H and O–H groups in total. The zero-order valence-corrected chi connectivity index (χ0v) is 26.1. The van der Waals surface area contributed by atoms with Gasteiger partial charge in [0.1, 0.15) is 11.2 Å². The standard InChI is InChI=1S/C44H24N4O/c1-46-35-25-27(26-45)24-34(44(35)48-36-14-6-2-10-30(36)31-11-3-7-15-37(31)48)28-18-20-29(21-19-28)47-38-16-8-4-12-32(38)42-39(47)22-23-41-43(42)33-13-5-9-17-40(33)49-41/h2-25H. The van der Waals surface area contributed by atoms with E-state index in [1.54, 1.807) is 6.07 Å². The Bertz CT molecular complexity index is 3020. The van der Waals surface area contributed by atoms with E-state index in [1.165, 1.54) is 5.39 Å². The van der Waals surface area contributed by atoms with E-state index in [-0.39, 0.29) is 0 Å². The van der Waals surface area contributed by atoms with E-state index < -0.39 is 0 Å². The number of hydrogen-bond donors (Lipinski definition) is 0. The van der Waals surface area contributed by atoms with Crippen LogP contribution in [0, 0.1) is 17.9 Å². The molecule has 0 amide bonds. The number of fused-ring (bicyclic) bond motifs is 10. The molecular weight excluding hydrogens is 601 g/mol. The minimum absolute atomic E-state index is 0.434. The molecule has 0 saturated heterocycles. The predicted molar refractivity (Wildman–Crippen MR) is 199 cm³/mol. The molecule has 49 heavy (non-hydrogen) atoms. The van der Waals surface area contributed by atoms with E-state index in [1.807, 2.05) is 42.5 Å². The van der Waals surface area contributed by atoms with Crippen molar-refractivity contribution in [1.82, 2.24) is 9.13 Å². The van der Waals surface area contributed by atoms with Crippen molar-refractivity contribution in [3.05, 3.63) is 163 Å². The Morgan fingerprint density at radius 2 is 1.16 bits per heavy atom. The van der Waals surface area contributed by atoms with E-state index in [2.05, 4.69) is 117 Å². The Kier molecular flexibility index (Phi) is 5.64. The lowest BCUT2D eigenvalue weighted by Crippen LogP contribution is -1.99. The first-order valence-electron chi connectivity index (χ1n) is 16.1. The summed E-state index contributed by atoms with van der Waals surface area (Å²) in [5, 5.41) is 16.8. The molecule has 0 aliphatic rings. The maximum absolute atomic E-state index is 10.0. The van der Waals surface area contributed by atoms with E-state index >= 15 is 0 Å². The number of nitriles is 1. The van der Waals surface area contributed by atoms with Gasteiger partial charge in [-0.05, 0) is 71.8 Å². The summed E-state index contributed by atoms with van der Waals surface area (Å²) in [7, 11) is 0. The fraction of sp³-hybridized carbons (Fsp3) is 0. The number of benzene rings is 7. The van der Waals surface area contributed by atoms with Crippen molar-refractivity contribution in [3.63, 3.8) is 0 Å². The topological polar surface area (TPSA) is 51.1 Å². The highest BCUT2D eigenvalue weighted by molar-refractivity contribution is 6.27. The molecule has 0 aliphatic heterocycles. The van der Waals surface area contributed by atoms with Gasteiger partial charge in [0.25, 0.3) is 0 Å². The van der Waals surface area contributed by atoms with Gasteiger partial charge in [0, 0.05) is 43.6 Å². The number of furan rings is 1. The van der Waals surface area contributed by atoms with Gasteiger partial charge in [-0.1, -0.05) is 84.9 Å². The van der Waals surface area contributed by atoms with Gasteiger partial charge in [0.2, 0.25) is 5.69 Å². The molecule has 0 unspecified atom stereocenters.